The Labute approximate surface area is 42.3 Å². The minimum atomic E-state index is 0.244. The van der Waals surface area contributed by atoms with Crippen LogP contribution < -0.4 is 5.73 Å². The average molecular weight is 103 g/mol. The van der Waals surface area contributed by atoms with Gasteiger partial charge in [-0.2, -0.15) is 10.5 Å². The van der Waals surface area contributed by atoms with Crippen molar-refractivity contribution >= 4 is 24.2 Å². The molecule has 0 saturated heterocycles. The zero-order valence-electron chi connectivity index (χ0n) is 4.11. The van der Waals surface area contributed by atoms with E-state index in [0.717, 1.165) is 11.5 Å². The summed E-state index contributed by atoms with van der Waals surface area (Å²) in [6.45, 7) is 0. The molecular formula is C3H10BNS. The van der Waals surface area contributed by atoms with Gasteiger partial charge in [0.2, 0.25) is 0 Å². The van der Waals surface area contributed by atoms with Crippen LogP contribution in [0.3, 0.4) is 0 Å². The first-order valence-corrected chi connectivity index (χ1v) is 3.71. The second-order valence-electron chi connectivity index (χ2n) is 1.07. The van der Waals surface area contributed by atoms with Gasteiger partial charge in [0, 0.05) is 5.88 Å². The largest absolute Gasteiger partial charge is 0.322 e. The highest BCUT2D eigenvalue weighted by Crippen LogP contribution is 1.98. The van der Waals surface area contributed by atoms with E-state index in [1.807, 2.05) is 0 Å². The van der Waals surface area contributed by atoms with Gasteiger partial charge < -0.3 is 5.73 Å². The molecule has 0 rings (SSSR count). The molecule has 0 saturated carbocycles. The molecule has 2 N–H and O–H groups in total. The van der Waals surface area contributed by atoms with Crippen LogP contribution in [0.5, 0.6) is 0 Å². The average Bonchev–Trinajstić information content (AvgIpc) is 1.65. The van der Waals surface area contributed by atoms with E-state index >= 15 is 0 Å². The molecule has 0 aliphatic rings. The molecule has 0 aromatic carbocycles. The second kappa shape index (κ2) is 3.44. The third kappa shape index (κ3) is 2.48. The zero-order valence-corrected chi connectivity index (χ0v) is 4.92. The minimum absolute atomic E-state index is 0.244. The SMILES string of the molecule is BCS(=C)CN. The Kier molecular flexibility index (Phi) is 3.58. The van der Waals surface area contributed by atoms with Crippen molar-refractivity contribution in [3.63, 3.8) is 0 Å². The Bertz CT molecular complexity index is 48.8. The van der Waals surface area contributed by atoms with Crippen molar-refractivity contribution in [3.8, 4) is 0 Å². The van der Waals surface area contributed by atoms with E-state index in [1.54, 1.807) is 0 Å². The summed E-state index contributed by atoms with van der Waals surface area (Å²) < 4.78 is 0. The fourth-order valence-electron chi connectivity index (χ4n) is 0.118. The highest BCUT2D eigenvalue weighted by Gasteiger charge is 1.75. The lowest BCUT2D eigenvalue weighted by molar-refractivity contribution is 1.40. The van der Waals surface area contributed by atoms with Crippen LogP contribution in [0.15, 0.2) is 0 Å². The van der Waals surface area contributed by atoms with Crippen molar-refractivity contribution in [2.45, 2.75) is 0 Å². The normalized spacial score (nSPS) is 14.2. The lowest BCUT2D eigenvalue weighted by atomic mass is 10.2. The Morgan fingerprint density at radius 2 is 2.33 bits per heavy atom. The molecule has 6 heavy (non-hydrogen) atoms. The Hall–Kier alpha value is 0.245. The van der Waals surface area contributed by atoms with Crippen LogP contribution in [0.25, 0.3) is 0 Å². The van der Waals surface area contributed by atoms with E-state index in [-0.39, 0.29) is 10.5 Å². The smallest absolute Gasteiger partial charge is 0.113 e. The standard InChI is InChI=1S/C3H10BNS/c1-6(2-4)3-5/h1-5H2. The van der Waals surface area contributed by atoms with Crippen LogP contribution in [0.4, 0.5) is 0 Å². The molecule has 0 fully saturated rings. The molecule has 36 valence electrons. The maximum atomic E-state index is 5.23. The molecule has 0 aliphatic carbocycles. The summed E-state index contributed by atoms with van der Waals surface area (Å²) in [7, 11) is 2.34. The molecule has 0 aromatic rings. The van der Waals surface area contributed by atoms with Gasteiger partial charge in [-0.15, -0.1) is 0 Å². The number of hydrogen-bond acceptors (Lipinski definition) is 1. The fraction of sp³-hybridized carbons (Fsp3) is 0.667. The van der Waals surface area contributed by atoms with E-state index in [1.165, 1.54) is 0 Å². The van der Waals surface area contributed by atoms with Gasteiger partial charge in [0.05, 0.1) is 0 Å². The first-order valence-electron chi connectivity index (χ1n) is 1.98. The van der Waals surface area contributed by atoms with Crippen LogP contribution in [-0.4, -0.2) is 25.2 Å². The predicted molar refractivity (Wildman–Crippen MR) is 37.2 cm³/mol. The Morgan fingerprint density at radius 3 is 2.33 bits per heavy atom. The predicted octanol–water partition coefficient (Wildman–Crippen LogP) is -0.806. The van der Waals surface area contributed by atoms with Crippen molar-refractivity contribution in [2.24, 2.45) is 5.73 Å². The van der Waals surface area contributed by atoms with Crippen LogP contribution in [0, 0.1) is 0 Å². The van der Waals surface area contributed by atoms with Crippen LogP contribution in [0.2, 0.25) is 0 Å². The third-order valence-corrected chi connectivity index (χ3v) is 1.93. The topological polar surface area (TPSA) is 26.0 Å². The summed E-state index contributed by atoms with van der Waals surface area (Å²) in [5.74, 6) is 4.52. The molecule has 1 atom stereocenters. The van der Waals surface area contributed by atoms with Crippen LogP contribution in [0.1, 0.15) is 0 Å². The number of nitrogens with two attached hydrogens (primary N) is 1. The van der Waals surface area contributed by atoms with Gasteiger partial charge in [-0.05, 0) is 5.65 Å². The van der Waals surface area contributed by atoms with Gasteiger partial charge >= 0.3 is 0 Å². The van der Waals surface area contributed by atoms with Crippen molar-refractivity contribution in [3.05, 3.63) is 0 Å². The summed E-state index contributed by atoms with van der Waals surface area (Å²) in [6.07, 6.45) is 0. The third-order valence-electron chi connectivity index (χ3n) is 0.644. The maximum Gasteiger partial charge on any atom is 0.113 e. The monoisotopic (exact) mass is 103 g/mol. The molecule has 0 amide bonds. The van der Waals surface area contributed by atoms with Crippen molar-refractivity contribution in [1.29, 1.82) is 0 Å². The first kappa shape index (κ1) is 6.24. The molecular weight excluding hydrogens is 92.9 g/mol. The molecule has 0 aliphatic heterocycles. The summed E-state index contributed by atoms with van der Waals surface area (Å²) in [5, 5.41) is 0. The lowest BCUT2D eigenvalue weighted by Gasteiger charge is -1.92. The minimum Gasteiger partial charge on any atom is -0.322 e. The lowest BCUT2D eigenvalue weighted by Crippen LogP contribution is -1.96. The van der Waals surface area contributed by atoms with Crippen molar-refractivity contribution < 1.29 is 0 Å². The van der Waals surface area contributed by atoms with E-state index in [9.17, 15) is 0 Å². The fourth-order valence-corrected chi connectivity index (χ4v) is 0.354. The molecule has 0 spiro atoms. The van der Waals surface area contributed by atoms with Gasteiger partial charge in [-0.1, -0.05) is 5.87 Å². The van der Waals surface area contributed by atoms with E-state index < -0.39 is 0 Å². The van der Waals surface area contributed by atoms with Gasteiger partial charge in [0.1, 0.15) is 7.85 Å². The first-order chi connectivity index (χ1) is 2.81. The quantitative estimate of drug-likeness (QED) is 0.359. The highest BCUT2D eigenvalue weighted by atomic mass is 32.2. The highest BCUT2D eigenvalue weighted by molar-refractivity contribution is 8.14. The second-order valence-corrected chi connectivity index (χ2v) is 3.20. The van der Waals surface area contributed by atoms with E-state index in [2.05, 4.69) is 13.7 Å². The number of hydrogen-bond donors (Lipinski definition) is 1. The molecule has 0 aromatic heterocycles. The van der Waals surface area contributed by atoms with Crippen LogP contribution >= 0.6 is 10.5 Å². The number of rotatable bonds is 2. The van der Waals surface area contributed by atoms with Gasteiger partial charge in [0.15, 0.2) is 0 Å². The molecule has 3 heteroatoms. The van der Waals surface area contributed by atoms with Gasteiger partial charge in [-0.3, -0.25) is 0 Å². The molecule has 1 unspecified atom stereocenters. The Morgan fingerprint density at radius 1 is 1.83 bits per heavy atom. The van der Waals surface area contributed by atoms with Crippen molar-refractivity contribution in [1.82, 2.24) is 0 Å². The Balaban J connectivity index is 2.99. The van der Waals surface area contributed by atoms with Crippen molar-refractivity contribution in [2.75, 3.05) is 11.5 Å². The summed E-state index contributed by atoms with van der Waals surface area (Å²) in [6, 6.07) is 0. The summed E-state index contributed by atoms with van der Waals surface area (Å²) >= 11 is 0. The molecule has 0 bridgehead atoms. The van der Waals surface area contributed by atoms with Gasteiger partial charge in [0.25, 0.3) is 0 Å². The zero-order chi connectivity index (χ0) is 4.99. The van der Waals surface area contributed by atoms with Crippen LogP contribution in [-0.2, 0) is 0 Å². The molecule has 0 heterocycles. The summed E-state index contributed by atoms with van der Waals surface area (Å²) in [5.41, 5.74) is 6.35. The maximum absolute atomic E-state index is 5.23. The molecule has 0 radical (unpaired) electrons. The van der Waals surface area contributed by atoms with E-state index in [4.69, 9.17) is 5.73 Å². The van der Waals surface area contributed by atoms with E-state index in [0.29, 0.717) is 0 Å². The van der Waals surface area contributed by atoms with Gasteiger partial charge in [-0.25, -0.2) is 0 Å². The summed E-state index contributed by atoms with van der Waals surface area (Å²) in [4.78, 5) is 0. The molecule has 1 nitrogen and oxygen atoms in total.